The molecule has 0 aliphatic carbocycles. The first-order valence-electron chi connectivity index (χ1n) is 12.1. The highest BCUT2D eigenvalue weighted by molar-refractivity contribution is 6.61. The van der Waals surface area contributed by atoms with Crippen LogP contribution in [-0.4, -0.2) is 104 Å². The summed E-state index contributed by atoms with van der Waals surface area (Å²) in [7, 11) is -3.03. The van der Waals surface area contributed by atoms with E-state index in [-0.39, 0.29) is 18.3 Å². The van der Waals surface area contributed by atoms with Gasteiger partial charge in [-0.3, -0.25) is 4.90 Å². The van der Waals surface area contributed by atoms with Crippen molar-refractivity contribution in [2.24, 2.45) is 0 Å². The Balaban J connectivity index is 1.73. The molecular formula is C24H41NO7Si. The van der Waals surface area contributed by atoms with Crippen molar-refractivity contribution in [2.75, 3.05) is 65.9 Å². The van der Waals surface area contributed by atoms with E-state index >= 15 is 0 Å². The second-order valence-electron chi connectivity index (χ2n) is 8.80. The van der Waals surface area contributed by atoms with Crippen LogP contribution >= 0.6 is 0 Å². The van der Waals surface area contributed by atoms with Gasteiger partial charge < -0.3 is 32.2 Å². The van der Waals surface area contributed by atoms with Gasteiger partial charge in [0.25, 0.3) is 0 Å². The van der Waals surface area contributed by atoms with E-state index in [0.29, 0.717) is 45.7 Å². The highest BCUT2D eigenvalue weighted by Crippen LogP contribution is 2.31. The topological polar surface area (TPSA) is 71.2 Å². The zero-order valence-electron chi connectivity index (χ0n) is 19.9. The van der Waals surface area contributed by atoms with Gasteiger partial charge in [-0.25, -0.2) is 0 Å². The number of hydrogen-bond acceptors (Lipinski definition) is 8. The molecule has 4 aliphatic heterocycles. The van der Waals surface area contributed by atoms with Gasteiger partial charge in [0, 0.05) is 25.7 Å². The van der Waals surface area contributed by atoms with Crippen LogP contribution in [0.15, 0.2) is 38.0 Å². The Labute approximate surface area is 199 Å². The Hall–Kier alpha value is -0.883. The highest BCUT2D eigenvalue weighted by atomic mass is 28.4. The zero-order chi connectivity index (χ0) is 23.4. The third-order valence-electron chi connectivity index (χ3n) is 5.70. The Morgan fingerprint density at radius 3 is 1.58 bits per heavy atom. The van der Waals surface area contributed by atoms with Crippen molar-refractivity contribution in [3.63, 3.8) is 0 Å². The van der Waals surface area contributed by atoms with Crippen LogP contribution in [0.25, 0.3) is 0 Å². The van der Waals surface area contributed by atoms with Gasteiger partial charge in [0.05, 0.1) is 70.7 Å². The minimum atomic E-state index is -3.03. The minimum Gasteiger partial charge on any atom is -0.375 e. The van der Waals surface area contributed by atoms with Crippen LogP contribution in [0.4, 0.5) is 0 Å². The Bertz CT molecular complexity index is 539. The summed E-state index contributed by atoms with van der Waals surface area (Å²) >= 11 is 0. The van der Waals surface area contributed by atoms with Crippen LogP contribution in [0.1, 0.15) is 19.3 Å². The fourth-order valence-corrected chi connectivity index (χ4v) is 7.43. The van der Waals surface area contributed by atoms with E-state index < -0.39 is 8.80 Å². The average molecular weight is 484 g/mol. The first kappa shape index (κ1) is 26.7. The molecule has 4 unspecified atom stereocenters. The van der Waals surface area contributed by atoms with Crippen LogP contribution in [0.3, 0.4) is 0 Å². The SMILES string of the molecule is C=CCOCC1CN2CC(COCC=C)O[Si](CCCCC3CO3)(O1)OC(COCC=C)C2. The molecule has 2 bridgehead atoms. The van der Waals surface area contributed by atoms with Gasteiger partial charge >= 0.3 is 8.80 Å². The van der Waals surface area contributed by atoms with Crippen molar-refractivity contribution in [1.82, 2.24) is 4.90 Å². The molecule has 33 heavy (non-hydrogen) atoms. The normalized spacial score (nSPS) is 33.6. The second kappa shape index (κ2) is 14.5. The molecule has 0 aromatic rings. The fraction of sp³-hybridized carbons (Fsp3) is 0.750. The quantitative estimate of drug-likeness (QED) is 0.135. The van der Waals surface area contributed by atoms with E-state index in [1.165, 1.54) is 0 Å². The van der Waals surface area contributed by atoms with E-state index in [9.17, 15) is 0 Å². The standard InChI is InChI=1S/C24H41NO7Si/c1-4-10-26-17-22-14-25-15-23(18-27-11-5-2)31-33(30-22,13-8-7-9-21-20-29-21)32-24(16-25)19-28-12-6-3/h4-6,21-24H,1-3,7-20H2. The lowest BCUT2D eigenvalue weighted by Gasteiger charge is -2.47. The Morgan fingerprint density at radius 2 is 1.18 bits per heavy atom. The molecule has 4 rings (SSSR count). The Kier molecular flexibility index (Phi) is 11.7. The maximum Gasteiger partial charge on any atom is 0.502 e. The van der Waals surface area contributed by atoms with Crippen LogP contribution < -0.4 is 0 Å². The summed E-state index contributed by atoms with van der Waals surface area (Å²) in [6.45, 7) is 17.3. The van der Waals surface area contributed by atoms with Gasteiger partial charge in [-0.1, -0.05) is 24.6 Å². The van der Waals surface area contributed by atoms with Crippen molar-refractivity contribution < 1.29 is 32.2 Å². The summed E-state index contributed by atoms with van der Waals surface area (Å²) in [5.74, 6) is 0. The number of unbranched alkanes of at least 4 members (excludes halogenated alkanes) is 1. The summed E-state index contributed by atoms with van der Waals surface area (Å²) in [5, 5.41) is 0. The number of ether oxygens (including phenoxy) is 4. The predicted octanol–water partition coefficient (Wildman–Crippen LogP) is 2.59. The molecule has 4 fully saturated rings. The first-order chi connectivity index (χ1) is 16.2. The summed E-state index contributed by atoms with van der Waals surface area (Å²) in [5.41, 5.74) is 0. The molecule has 4 atom stereocenters. The molecule has 4 heterocycles. The summed E-state index contributed by atoms with van der Waals surface area (Å²) in [6.07, 6.45) is 8.44. The first-order valence-corrected chi connectivity index (χ1v) is 14.0. The molecule has 9 heteroatoms. The van der Waals surface area contributed by atoms with Crippen molar-refractivity contribution in [2.45, 2.75) is 49.7 Å². The molecule has 0 N–H and O–H groups in total. The molecular weight excluding hydrogens is 442 g/mol. The lowest BCUT2D eigenvalue weighted by Crippen LogP contribution is -2.64. The number of nitrogens with zero attached hydrogens (tertiary/aromatic N) is 1. The molecule has 0 saturated carbocycles. The zero-order valence-corrected chi connectivity index (χ0v) is 20.9. The highest BCUT2D eigenvalue weighted by Gasteiger charge is 2.51. The van der Waals surface area contributed by atoms with Crippen molar-refractivity contribution in [3.05, 3.63) is 38.0 Å². The van der Waals surface area contributed by atoms with E-state index in [4.69, 9.17) is 32.2 Å². The Morgan fingerprint density at radius 1 is 0.727 bits per heavy atom. The molecule has 0 radical (unpaired) electrons. The van der Waals surface area contributed by atoms with Gasteiger partial charge in [-0.05, 0) is 12.8 Å². The molecule has 188 valence electrons. The summed E-state index contributed by atoms with van der Waals surface area (Å²) in [6, 6.07) is 0.758. The van der Waals surface area contributed by atoms with Gasteiger partial charge in [-0.2, -0.15) is 0 Å². The molecule has 0 amide bonds. The number of hydrogen-bond donors (Lipinski definition) is 0. The number of fused-ring (bicyclic) bond motifs is 6. The van der Waals surface area contributed by atoms with Crippen LogP contribution in [0.2, 0.25) is 6.04 Å². The molecule has 4 saturated heterocycles. The van der Waals surface area contributed by atoms with Crippen LogP contribution in [0.5, 0.6) is 0 Å². The van der Waals surface area contributed by atoms with Crippen molar-refractivity contribution in [1.29, 1.82) is 0 Å². The fourth-order valence-electron chi connectivity index (χ4n) is 4.28. The predicted molar refractivity (Wildman–Crippen MR) is 128 cm³/mol. The lowest BCUT2D eigenvalue weighted by molar-refractivity contribution is -0.124. The number of rotatable bonds is 17. The van der Waals surface area contributed by atoms with Gasteiger partial charge in [0.1, 0.15) is 0 Å². The van der Waals surface area contributed by atoms with Crippen molar-refractivity contribution >= 4 is 8.80 Å². The summed E-state index contributed by atoms with van der Waals surface area (Å²) < 4.78 is 42.8. The van der Waals surface area contributed by atoms with Crippen LogP contribution in [0, 0.1) is 0 Å². The monoisotopic (exact) mass is 483 g/mol. The molecule has 4 aliphatic rings. The van der Waals surface area contributed by atoms with E-state index in [2.05, 4.69) is 24.6 Å². The van der Waals surface area contributed by atoms with E-state index in [1.807, 2.05) is 0 Å². The third-order valence-corrected chi connectivity index (χ3v) is 8.75. The lowest BCUT2D eigenvalue weighted by atomic mass is 10.2. The van der Waals surface area contributed by atoms with E-state index in [1.54, 1.807) is 18.2 Å². The van der Waals surface area contributed by atoms with Crippen LogP contribution in [-0.2, 0) is 32.2 Å². The largest absolute Gasteiger partial charge is 0.502 e. The van der Waals surface area contributed by atoms with Crippen molar-refractivity contribution in [3.8, 4) is 0 Å². The molecule has 0 aromatic carbocycles. The number of epoxide rings is 1. The maximum absolute atomic E-state index is 6.70. The minimum absolute atomic E-state index is 0.117. The smallest absolute Gasteiger partial charge is 0.375 e. The second-order valence-corrected chi connectivity index (χ2v) is 11.4. The molecule has 8 nitrogen and oxygen atoms in total. The molecule has 0 aromatic heterocycles. The summed E-state index contributed by atoms with van der Waals surface area (Å²) in [4.78, 5) is 2.31. The van der Waals surface area contributed by atoms with Gasteiger partial charge in [0.2, 0.25) is 0 Å². The van der Waals surface area contributed by atoms with E-state index in [0.717, 1.165) is 51.5 Å². The average Bonchev–Trinajstić information content (AvgIpc) is 3.59. The third kappa shape index (κ3) is 9.71. The maximum atomic E-state index is 6.70. The molecule has 0 spiro atoms. The van der Waals surface area contributed by atoms with Gasteiger partial charge in [-0.15, -0.1) is 19.7 Å². The van der Waals surface area contributed by atoms with Gasteiger partial charge in [0.15, 0.2) is 0 Å².